The maximum atomic E-state index is 11.6. The summed E-state index contributed by atoms with van der Waals surface area (Å²) in [5, 5.41) is 9.61. The number of halogens is 2. The molecule has 84 valence electrons. The summed E-state index contributed by atoms with van der Waals surface area (Å²) in [6.07, 6.45) is 0. The molecule has 4 nitrogen and oxygen atoms in total. The fraction of sp³-hybridized carbons (Fsp3) is 0.250. The molecule has 0 aromatic heterocycles. The highest BCUT2D eigenvalue weighted by molar-refractivity contribution is 9.10. The molecular formula is C8H9BrClNO3S. The summed E-state index contributed by atoms with van der Waals surface area (Å²) < 4.78 is 24.0. The van der Waals surface area contributed by atoms with Crippen molar-refractivity contribution in [2.45, 2.75) is 11.8 Å². The van der Waals surface area contributed by atoms with Crippen molar-refractivity contribution in [3.8, 4) is 0 Å². The minimum absolute atomic E-state index is 0.0110. The van der Waals surface area contributed by atoms with Gasteiger partial charge in [-0.1, -0.05) is 16.1 Å². The summed E-state index contributed by atoms with van der Waals surface area (Å²) in [5.74, 6) is 0. The van der Waals surface area contributed by atoms with Crippen LogP contribution in [0.2, 0.25) is 5.02 Å². The minimum Gasteiger partial charge on any atom is -0.299 e. The summed E-state index contributed by atoms with van der Waals surface area (Å²) >= 11 is 8.84. The van der Waals surface area contributed by atoms with E-state index in [2.05, 4.69) is 15.9 Å². The van der Waals surface area contributed by atoms with Crippen LogP contribution in [0.4, 0.5) is 0 Å². The molecule has 0 saturated heterocycles. The molecule has 0 bridgehead atoms. The number of sulfonamides is 1. The lowest BCUT2D eigenvalue weighted by atomic mass is 10.4. The van der Waals surface area contributed by atoms with Gasteiger partial charge in [0, 0.05) is 11.0 Å². The van der Waals surface area contributed by atoms with Crippen LogP contribution in [0.5, 0.6) is 0 Å². The predicted molar refractivity (Wildman–Crippen MR) is 60.5 cm³/mol. The van der Waals surface area contributed by atoms with Crippen molar-refractivity contribution in [3.63, 3.8) is 0 Å². The van der Waals surface area contributed by atoms with E-state index >= 15 is 0 Å². The van der Waals surface area contributed by atoms with E-state index in [1.807, 2.05) is 0 Å². The third-order valence-corrected chi connectivity index (χ3v) is 4.61. The van der Waals surface area contributed by atoms with Gasteiger partial charge in [-0.2, -0.15) is 0 Å². The summed E-state index contributed by atoms with van der Waals surface area (Å²) in [6, 6.07) is 4.12. The van der Waals surface area contributed by atoms with Gasteiger partial charge in [0.1, 0.15) is 0 Å². The number of nitrogens with zero attached hydrogens (tertiary/aromatic N) is 1. The van der Waals surface area contributed by atoms with Crippen LogP contribution in [0.15, 0.2) is 27.6 Å². The van der Waals surface area contributed by atoms with Crippen LogP contribution in [0.25, 0.3) is 0 Å². The Labute approximate surface area is 102 Å². The van der Waals surface area contributed by atoms with Crippen LogP contribution in [0, 0.1) is 0 Å². The first kappa shape index (κ1) is 12.9. The Bertz CT molecular complexity index is 463. The quantitative estimate of drug-likeness (QED) is 0.872. The third kappa shape index (κ3) is 2.70. The summed E-state index contributed by atoms with van der Waals surface area (Å²) in [6.45, 7) is 1.52. The lowest BCUT2D eigenvalue weighted by Crippen LogP contribution is -2.27. The van der Waals surface area contributed by atoms with E-state index in [9.17, 15) is 13.6 Å². The van der Waals surface area contributed by atoms with Crippen molar-refractivity contribution >= 4 is 37.6 Å². The molecule has 7 heteroatoms. The second-order valence-corrected chi connectivity index (χ2v) is 5.82. The lowest BCUT2D eigenvalue weighted by molar-refractivity contribution is 0.00857. The zero-order chi connectivity index (χ0) is 11.6. The number of hydrogen-bond acceptors (Lipinski definition) is 3. The molecule has 0 atom stereocenters. The van der Waals surface area contributed by atoms with Crippen molar-refractivity contribution in [2.75, 3.05) is 6.54 Å². The van der Waals surface area contributed by atoms with Crippen LogP contribution >= 0.6 is 27.5 Å². The van der Waals surface area contributed by atoms with Gasteiger partial charge in [-0.3, -0.25) is 5.21 Å². The number of hydroxylamine groups is 1. The van der Waals surface area contributed by atoms with Crippen molar-refractivity contribution in [1.29, 1.82) is 0 Å². The largest absolute Gasteiger partial charge is 0.299 e. The van der Waals surface area contributed by atoms with Gasteiger partial charge in [0.2, 0.25) is 0 Å². The second-order valence-electron chi connectivity index (χ2n) is 2.72. The first-order valence-corrected chi connectivity index (χ1v) is 6.67. The number of benzene rings is 1. The third-order valence-electron chi connectivity index (χ3n) is 1.74. The SMILES string of the molecule is CCN(O)S(=O)(=O)c1ccc(Cl)c(Br)c1. The van der Waals surface area contributed by atoms with Gasteiger partial charge >= 0.3 is 0 Å². The average Bonchev–Trinajstić information content (AvgIpc) is 2.20. The van der Waals surface area contributed by atoms with Crippen LogP contribution in [-0.4, -0.2) is 24.6 Å². The van der Waals surface area contributed by atoms with Crippen LogP contribution in [0.3, 0.4) is 0 Å². The smallest absolute Gasteiger partial charge is 0.264 e. The average molecular weight is 315 g/mol. The highest BCUT2D eigenvalue weighted by Gasteiger charge is 2.21. The van der Waals surface area contributed by atoms with E-state index in [4.69, 9.17) is 11.6 Å². The molecular weight excluding hydrogens is 306 g/mol. The van der Waals surface area contributed by atoms with Gasteiger partial charge in [0.05, 0.1) is 9.92 Å². The van der Waals surface area contributed by atoms with Crippen molar-refractivity contribution in [3.05, 3.63) is 27.7 Å². The van der Waals surface area contributed by atoms with E-state index in [1.54, 1.807) is 0 Å². The molecule has 0 heterocycles. The summed E-state index contributed by atoms with van der Waals surface area (Å²) in [4.78, 5) is -0.0110. The molecule has 1 rings (SSSR count). The molecule has 0 amide bonds. The van der Waals surface area contributed by atoms with E-state index in [0.29, 0.717) is 9.50 Å². The molecule has 0 fully saturated rings. The molecule has 0 spiro atoms. The van der Waals surface area contributed by atoms with E-state index < -0.39 is 10.0 Å². The predicted octanol–water partition coefficient (Wildman–Crippen LogP) is 2.50. The fourth-order valence-electron chi connectivity index (χ4n) is 0.929. The second kappa shape index (κ2) is 4.80. The standard InChI is InChI=1S/C8H9BrClNO3S/c1-2-11(12)15(13,14)6-3-4-8(10)7(9)5-6/h3-5,12H,2H2,1H3. The highest BCUT2D eigenvalue weighted by Crippen LogP contribution is 2.26. The molecule has 0 radical (unpaired) electrons. The van der Waals surface area contributed by atoms with Crippen LogP contribution in [0.1, 0.15) is 6.92 Å². The monoisotopic (exact) mass is 313 g/mol. The van der Waals surface area contributed by atoms with Crippen LogP contribution in [-0.2, 0) is 10.0 Å². The van der Waals surface area contributed by atoms with E-state index in [0.717, 1.165) is 0 Å². The van der Waals surface area contributed by atoms with Crippen molar-refractivity contribution in [2.24, 2.45) is 0 Å². The normalized spacial score (nSPS) is 12.1. The maximum absolute atomic E-state index is 11.6. The summed E-state index contributed by atoms with van der Waals surface area (Å²) in [5.41, 5.74) is 0. The van der Waals surface area contributed by atoms with Crippen molar-refractivity contribution in [1.82, 2.24) is 4.47 Å². The molecule has 0 aliphatic carbocycles. The van der Waals surface area contributed by atoms with E-state index in [1.165, 1.54) is 25.1 Å². The molecule has 0 aliphatic rings. The highest BCUT2D eigenvalue weighted by atomic mass is 79.9. The van der Waals surface area contributed by atoms with Gasteiger partial charge in [-0.15, -0.1) is 0 Å². The molecule has 0 saturated carbocycles. The van der Waals surface area contributed by atoms with Gasteiger partial charge in [-0.05, 0) is 41.1 Å². The molecule has 1 aromatic carbocycles. The Morgan fingerprint density at radius 3 is 2.60 bits per heavy atom. The minimum atomic E-state index is -3.83. The molecule has 1 N–H and O–H groups in total. The first-order chi connectivity index (χ1) is 6.89. The summed E-state index contributed by atoms with van der Waals surface area (Å²) in [7, 11) is -3.83. The van der Waals surface area contributed by atoms with Crippen LogP contribution < -0.4 is 0 Å². The topological polar surface area (TPSA) is 57.6 Å². The number of hydrogen-bond donors (Lipinski definition) is 1. The van der Waals surface area contributed by atoms with Gasteiger partial charge in [0.15, 0.2) is 0 Å². The maximum Gasteiger partial charge on any atom is 0.264 e. The van der Waals surface area contributed by atoms with Gasteiger partial charge in [0.25, 0.3) is 10.0 Å². The Balaban J connectivity index is 3.23. The van der Waals surface area contributed by atoms with Crippen molar-refractivity contribution < 1.29 is 13.6 Å². The Morgan fingerprint density at radius 2 is 2.13 bits per heavy atom. The molecule has 0 unspecified atom stereocenters. The molecule has 15 heavy (non-hydrogen) atoms. The Hall–Kier alpha value is -0.140. The zero-order valence-electron chi connectivity index (χ0n) is 7.81. The van der Waals surface area contributed by atoms with Gasteiger partial charge in [-0.25, -0.2) is 8.42 Å². The van der Waals surface area contributed by atoms with E-state index in [-0.39, 0.29) is 15.9 Å². The molecule has 0 aliphatic heterocycles. The van der Waals surface area contributed by atoms with Gasteiger partial charge < -0.3 is 0 Å². The Kier molecular flexibility index (Phi) is 4.13. The fourth-order valence-corrected chi connectivity index (χ4v) is 2.67. The first-order valence-electron chi connectivity index (χ1n) is 4.06. The Morgan fingerprint density at radius 1 is 1.53 bits per heavy atom. The zero-order valence-corrected chi connectivity index (χ0v) is 11.0. The number of rotatable bonds is 3. The lowest BCUT2D eigenvalue weighted by Gasteiger charge is -2.13. The molecule has 1 aromatic rings.